The molecule has 28 heavy (non-hydrogen) atoms. The summed E-state index contributed by atoms with van der Waals surface area (Å²) in [5, 5.41) is 1.53. The molecule has 0 aromatic heterocycles. The van der Waals surface area contributed by atoms with Gasteiger partial charge in [-0.2, -0.15) is 0 Å². The van der Waals surface area contributed by atoms with Crippen LogP contribution >= 0.6 is 23.2 Å². The van der Waals surface area contributed by atoms with Crippen LogP contribution in [0.1, 0.15) is 22.3 Å². The van der Waals surface area contributed by atoms with Gasteiger partial charge in [0, 0.05) is 10.0 Å². The predicted molar refractivity (Wildman–Crippen MR) is 119 cm³/mol. The molecular weight excluding hydrogens is 383 g/mol. The molecular formula is C26H14Cl2. The van der Waals surface area contributed by atoms with Gasteiger partial charge in [0.15, 0.2) is 0 Å². The highest BCUT2D eigenvalue weighted by Gasteiger charge is 2.32. The molecule has 0 saturated carbocycles. The molecule has 0 radical (unpaired) electrons. The maximum atomic E-state index is 6.35. The lowest BCUT2D eigenvalue weighted by molar-refractivity contribution is 1.62. The number of benzene rings is 4. The van der Waals surface area contributed by atoms with Crippen molar-refractivity contribution < 1.29 is 0 Å². The Morgan fingerprint density at radius 1 is 0.357 bits per heavy atom. The van der Waals surface area contributed by atoms with Crippen molar-refractivity contribution in [3.05, 3.63) is 117 Å². The van der Waals surface area contributed by atoms with Crippen LogP contribution in [-0.4, -0.2) is 0 Å². The molecule has 6 rings (SSSR count). The Morgan fingerprint density at radius 2 is 0.714 bits per heavy atom. The van der Waals surface area contributed by atoms with E-state index in [9.17, 15) is 0 Å². The van der Waals surface area contributed by atoms with Gasteiger partial charge in [-0.05, 0) is 79.9 Å². The highest BCUT2D eigenvalue weighted by molar-refractivity contribution is 6.32. The fraction of sp³-hybridized carbons (Fsp3) is 0. The summed E-state index contributed by atoms with van der Waals surface area (Å²) < 4.78 is 0. The molecule has 4 aromatic carbocycles. The van der Waals surface area contributed by atoms with Crippen molar-refractivity contribution in [2.75, 3.05) is 0 Å². The van der Waals surface area contributed by atoms with Gasteiger partial charge in [0.05, 0.1) is 0 Å². The quantitative estimate of drug-likeness (QED) is 0.244. The zero-order valence-electron chi connectivity index (χ0n) is 14.8. The molecule has 0 saturated heterocycles. The Kier molecular flexibility index (Phi) is 3.38. The van der Waals surface area contributed by atoms with E-state index in [4.69, 9.17) is 23.2 Å². The van der Waals surface area contributed by atoms with Gasteiger partial charge in [-0.25, -0.2) is 0 Å². The van der Waals surface area contributed by atoms with Gasteiger partial charge < -0.3 is 0 Å². The third-order valence-electron chi connectivity index (χ3n) is 5.73. The molecule has 132 valence electrons. The number of halogens is 2. The molecule has 0 spiro atoms. The number of fused-ring (bicyclic) bond motifs is 6. The normalized spacial score (nSPS) is 15.8. The molecule has 0 atom stereocenters. The molecule has 0 unspecified atom stereocenters. The lowest BCUT2D eigenvalue weighted by Crippen LogP contribution is -1.90. The SMILES string of the molecule is Clc1ccc2c(c1)-c1ccccc1/C2=C1/c2ccccc2-c2cc(Cl)ccc21. The van der Waals surface area contributed by atoms with Crippen LogP contribution in [-0.2, 0) is 0 Å². The molecule has 0 aliphatic heterocycles. The minimum absolute atomic E-state index is 0.763. The first-order valence-corrected chi connectivity index (χ1v) is 10.0. The van der Waals surface area contributed by atoms with Crippen LogP contribution in [0.2, 0.25) is 10.0 Å². The monoisotopic (exact) mass is 396 g/mol. The summed E-state index contributed by atoms with van der Waals surface area (Å²) in [5.41, 5.74) is 12.4. The van der Waals surface area contributed by atoms with Crippen molar-refractivity contribution in [2.45, 2.75) is 0 Å². The fourth-order valence-corrected chi connectivity index (χ4v) is 4.96. The summed E-state index contributed by atoms with van der Waals surface area (Å²) >= 11 is 12.7. The molecule has 0 nitrogen and oxygen atoms in total. The van der Waals surface area contributed by atoms with Gasteiger partial charge in [0.25, 0.3) is 0 Å². The van der Waals surface area contributed by atoms with Gasteiger partial charge in [0.2, 0.25) is 0 Å². The van der Waals surface area contributed by atoms with Gasteiger partial charge in [0.1, 0.15) is 0 Å². The Balaban J connectivity index is 1.80. The standard InChI is InChI=1S/C26H14Cl2/c27-15-9-11-21-23(13-15)17-5-1-3-7-19(17)25(21)26-20-8-4-2-6-18(20)24-14-16(28)10-12-22(24)26/h1-14H/b26-25+. The van der Waals surface area contributed by atoms with E-state index in [1.165, 1.54) is 55.7 Å². The van der Waals surface area contributed by atoms with Crippen molar-refractivity contribution >= 4 is 34.3 Å². The van der Waals surface area contributed by atoms with Gasteiger partial charge in [-0.1, -0.05) is 83.9 Å². The zero-order valence-corrected chi connectivity index (χ0v) is 16.4. The molecule has 0 amide bonds. The number of hydrogen-bond acceptors (Lipinski definition) is 0. The number of rotatable bonds is 0. The van der Waals surface area contributed by atoms with E-state index in [1.54, 1.807) is 0 Å². The molecule has 2 heteroatoms. The van der Waals surface area contributed by atoms with Gasteiger partial charge in [-0.15, -0.1) is 0 Å². The minimum Gasteiger partial charge on any atom is -0.0843 e. The highest BCUT2D eigenvalue weighted by atomic mass is 35.5. The lowest BCUT2D eigenvalue weighted by Gasteiger charge is -2.11. The first-order valence-electron chi connectivity index (χ1n) is 9.26. The Labute approximate surface area is 173 Å². The molecule has 0 heterocycles. The molecule has 4 aromatic rings. The molecule has 2 aliphatic rings. The summed E-state index contributed by atoms with van der Waals surface area (Å²) in [4.78, 5) is 0. The van der Waals surface area contributed by atoms with E-state index in [0.717, 1.165) is 10.0 Å². The first kappa shape index (κ1) is 16.2. The molecule has 2 aliphatic carbocycles. The highest BCUT2D eigenvalue weighted by Crippen LogP contribution is 2.54. The van der Waals surface area contributed by atoms with E-state index in [2.05, 4.69) is 72.8 Å². The van der Waals surface area contributed by atoms with E-state index in [0.29, 0.717) is 0 Å². The fourth-order valence-electron chi connectivity index (χ4n) is 4.62. The Morgan fingerprint density at radius 3 is 1.14 bits per heavy atom. The van der Waals surface area contributed by atoms with Crippen LogP contribution in [0.25, 0.3) is 33.4 Å². The topological polar surface area (TPSA) is 0 Å². The average Bonchev–Trinajstić information content (AvgIpc) is 3.20. The van der Waals surface area contributed by atoms with Crippen LogP contribution < -0.4 is 0 Å². The minimum atomic E-state index is 0.763. The first-order chi connectivity index (χ1) is 13.7. The largest absolute Gasteiger partial charge is 0.0843 e. The van der Waals surface area contributed by atoms with Crippen molar-refractivity contribution in [1.82, 2.24) is 0 Å². The zero-order chi connectivity index (χ0) is 18.8. The second kappa shape index (κ2) is 5.85. The van der Waals surface area contributed by atoms with Gasteiger partial charge in [-0.3, -0.25) is 0 Å². The van der Waals surface area contributed by atoms with Gasteiger partial charge >= 0.3 is 0 Å². The second-order valence-corrected chi connectivity index (χ2v) is 8.09. The van der Waals surface area contributed by atoms with Crippen LogP contribution in [0.15, 0.2) is 84.9 Å². The van der Waals surface area contributed by atoms with Crippen molar-refractivity contribution in [1.29, 1.82) is 0 Å². The molecule has 0 N–H and O–H groups in total. The maximum absolute atomic E-state index is 6.35. The Bertz CT molecular complexity index is 1230. The van der Waals surface area contributed by atoms with E-state index < -0.39 is 0 Å². The van der Waals surface area contributed by atoms with Crippen LogP contribution in [0.3, 0.4) is 0 Å². The summed E-state index contributed by atoms with van der Waals surface area (Å²) in [6.45, 7) is 0. The van der Waals surface area contributed by atoms with E-state index in [-0.39, 0.29) is 0 Å². The average molecular weight is 397 g/mol. The van der Waals surface area contributed by atoms with Crippen LogP contribution in [0.5, 0.6) is 0 Å². The summed E-state index contributed by atoms with van der Waals surface area (Å²) in [6, 6.07) is 29.6. The summed E-state index contributed by atoms with van der Waals surface area (Å²) in [7, 11) is 0. The molecule has 0 bridgehead atoms. The van der Waals surface area contributed by atoms with Crippen molar-refractivity contribution in [3.63, 3.8) is 0 Å². The number of hydrogen-bond donors (Lipinski definition) is 0. The predicted octanol–water partition coefficient (Wildman–Crippen LogP) is 7.96. The van der Waals surface area contributed by atoms with Crippen LogP contribution in [0.4, 0.5) is 0 Å². The smallest absolute Gasteiger partial charge is 0.0412 e. The van der Waals surface area contributed by atoms with E-state index >= 15 is 0 Å². The third-order valence-corrected chi connectivity index (χ3v) is 6.20. The summed E-state index contributed by atoms with van der Waals surface area (Å²) in [5.74, 6) is 0. The second-order valence-electron chi connectivity index (χ2n) is 7.22. The van der Waals surface area contributed by atoms with Crippen LogP contribution in [0, 0.1) is 0 Å². The van der Waals surface area contributed by atoms with Crippen molar-refractivity contribution in [2.24, 2.45) is 0 Å². The van der Waals surface area contributed by atoms with Crippen molar-refractivity contribution in [3.8, 4) is 22.3 Å². The third kappa shape index (κ3) is 2.13. The molecule has 0 fully saturated rings. The summed E-state index contributed by atoms with van der Waals surface area (Å²) in [6.07, 6.45) is 0. The van der Waals surface area contributed by atoms with E-state index in [1.807, 2.05) is 12.1 Å². The maximum Gasteiger partial charge on any atom is 0.0412 e. The lowest BCUT2D eigenvalue weighted by atomic mass is 9.92. The Hall–Kier alpha value is -2.80.